The van der Waals surface area contributed by atoms with E-state index in [-0.39, 0.29) is 0 Å². The zero-order valence-corrected chi connectivity index (χ0v) is 21.5. The summed E-state index contributed by atoms with van der Waals surface area (Å²) in [6.45, 7) is 2.42. The van der Waals surface area contributed by atoms with Gasteiger partial charge in [-0.25, -0.2) is 0 Å². The Bertz CT molecular complexity index is 837. The molecule has 0 aliphatic carbocycles. The predicted octanol–water partition coefficient (Wildman–Crippen LogP) is -6.26. The molecule has 0 aromatic carbocycles. The van der Waals surface area contributed by atoms with Crippen molar-refractivity contribution in [3.63, 3.8) is 0 Å². The van der Waals surface area contributed by atoms with Gasteiger partial charge in [-0.05, 0) is 6.92 Å². The number of aliphatic hydroxyl groups excluding tert-OH is 8. The number of ether oxygens (including phenoxy) is 5. The minimum atomic E-state index is -1.77. The van der Waals surface area contributed by atoms with Crippen LogP contribution in [0.1, 0.15) is 20.8 Å². The molecule has 226 valence electrons. The smallest absolute Gasteiger partial charge is 0.217 e. The molecule has 0 saturated carbocycles. The predicted molar refractivity (Wildman–Crippen MR) is 123 cm³/mol. The van der Waals surface area contributed by atoms with Gasteiger partial charge in [0.25, 0.3) is 0 Å². The van der Waals surface area contributed by atoms with Crippen LogP contribution in [0.15, 0.2) is 0 Å². The Labute approximate surface area is 223 Å². The van der Waals surface area contributed by atoms with E-state index in [2.05, 4.69) is 10.6 Å². The van der Waals surface area contributed by atoms with E-state index in [0.29, 0.717) is 0 Å². The van der Waals surface area contributed by atoms with E-state index in [4.69, 9.17) is 23.7 Å². The average Bonchev–Trinajstić information content (AvgIpc) is 2.87. The van der Waals surface area contributed by atoms with Gasteiger partial charge in [0.1, 0.15) is 67.0 Å². The van der Waals surface area contributed by atoms with Crippen LogP contribution in [-0.4, -0.2) is 158 Å². The number of hydrogen-bond donors (Lipinski definition) is 10. The van der Waals surface area contributed by atoms with Gasteiger partial charge < -0.3 is 75.2 Å². The summed E-state index contributed by atoms with van der Waals surface area (Å²) in [4.78, 5) is 23.4. The lowest BCUT2D eigenvalue weighted by Crippen LogP contribution is -2.69. The van der Waals surface area contributed by atoms with Gasteiger partial charge in [0, 0.05) is 13.8 Å². The molecule has 0 unspecified atom stereocenters. The first-order chi connectivity index (χ1) is 18.3. The van der Waals surface area contributed by atoms with Crippen LogP contribution in [0.4, 0.5) is 0 Å². The van der Waals surface area contributed by atoms with Crippen molar-refractivity contribution < 1.29 is 74.1 Å². The van der Waals surface area contributed by atoms with Crippen molar-refractivity contribution in [2.45, 2.75) is 113 Å². The third-order valence-corrected chi connectivity index (χ3v) is 6.84. The second-order valence-corrected chi connectivity index (χ2v) is 9.83. The fraction of sp³-hybridized carbons (Fsp3) is 0.909. The van der Waals surface area contributed by atoms with E-state index in [1.807, 2.05) is 0 Å². The maximum Gasteiger partial charge on any atom is 0.217 e. The zero-order valence-electron chi connectivity index (χ0n) is 21.5. The molecule has 15 atom stereocenters. The molecule has 0 bridgehead atoms. The normalized spacial score (nSPS) is 46.9. The van der Waals surface area contributed by atoms with Gasteiger partial charge in [-0.15, -0.1) is 0 Å². The summed E-state index contributed by atoms with van der Waals surface area (Å²) >= 11 is 0. The summed E-state index contributed by atoms with van der Waals surface area (Å²) in [7, 11) is 0. The number of rotatable bonds is 8. The summed E-state index contributed by atoms with van der Waals surface area (Å²) in [5.41, 5.74) is 0. The molecule has 3 saturated heterocycles. The summed E-state index contributed by atoms with van der Waals surface area (Å²) in [6, 6.07) is -2.80. The summed E-state index contributed by atoms with van der Waals surface area (Å²) in [5.74, 6) is -1.25. The number of hydrogen-bond acceptors (Lipinski definition) is 15. The van der Waals surface area contributed by atoms with Gasteiger partial charge in [-0.2, -0.15) is 0 Å². The fourth-order valence-electron chi connectivity index (χ4n) is 4.71. The molecule has 0 spiro atoms. The Morgan fingerprint density at radius 1 is 0.718 bits per heavy atom. The molecule has 17 heteroatoms. The van der Waals surface area contributed by atoms with Crippen LogP contribution in [0, 0.1) is 0 Å². The SMILES string of the molecule is CC(=O)N[C@@H]1[C@@H](O)[C@H](O[C@@H]2O[C@H](CO)[C@@H](O)[C@H](O)[C@H]2NC(C)=O)[C@@H](CO[C@H]2O[C@H](C)[C@H](O)[C@H](O)[C@H]2O)O[C@H]1O. The summed E-state index contributed by atoms with van der Waals surface area (Å²) in [5, 5.41) is 86.8. The molecule has 39 heavy (non-hydrogen) atoms. The third kappa shape index (κ3) is 7.20. The second kappa shape index (κ2) is 13.4. The van der Waals surface area contributed by atoms with E-state index in [9.17, 15) is 50.4 Å². The molecule has 3 fully saturated rings. The molecule has 0 radical (unpaired) electrons. The van der Waals surface area contributed by atoms with E-state index < -0.39 is 117 Å². The molecular formula is C22H38N2O15. The van der Waals surface area contributed by atoms with E-state index in [1.54, 1.807) is 0 Å². The molecule has 17 nitrogen and oxygen atoms in total. The Kier molecular flexibility index (Phi) is 11.0. The molecule has 0 aromatic heterocycles. The Balaban J connectivity index is 1.84. The molecule has 0 aromatic rings. The monoisotopic (exact) mass is 570 g/mol. The zero-order chi connectivity index (χ0) is 29.2. The molecule has 3 aliphatic rings. The highest BCUT2D eigenvalue weighted by Crippen LogP contribution is 2.30. The van der Waals surface area contributed by atoms with Crippen LogP contribution in [-0.2, 0) is 33.3 Å². The quantitative estimate of drug-likeness (QED) is 0.130. The van der Waals surface area contributed by atoms with Crippen molar-refractivity contribution in [3.05, 3.63) is 0 Å². The lowest BCUT2D eigenvalue weighted by atomic mass is 9.94. The van der Waals surface area contributed by atoms with Crippen LogP contribution < -0.4 is 10.6 Å². The second-order valence-electron chi connectivity index (χ2n) is 9.83. The highest BCUT2D eigenvalue weighted by Gasteiger charge is 2.52. The molecule has 2 amide bonds. The Hall–Kier alpha value is -1.58. The Morgan fingerprint density at radius 3 is 1.92 bits per heavy atom. The van der Waals surface area contributed by atoms with Crippen molar-refractivity contribution in [1.29, 1.82) is 0 Å². The van der Waals surface area contributed by atoms with Gasteiger partial charge in [-0.3, -0.25) is 9.59 Å². The van der Waals surface area contributed by atoms with Crippen LogP contribution in [0.3, 0.4) is 0 Å². The molecule has 10 N–H and O–H groups in total. The summed E-state index contributed by atoms with van der Waals surface area (Å²) in [6.07, 6.45) is -19.6. The van der Waals surface area contributed by atoms with Gasteiger partial charge in [0.15, 0.2) is 18.9 Å². The fourth-order valence-corrected chi connectivity index (χ4v) is 4.71. The molecule has 3 aliphatic heterocycles. The number of amides is 2. The average molecular weight is 571 g/mol. The standard InChI is InChI=1S/C22H38N2O15/c1-6-13(28)17(32)18(33)22(36-6)35-5-10-19(16(31)11(20(34)37-10)23-7(2)26)39-21-12(24-8(3)27)15(30)14(29)9(4-25)38-21/h6,9-22,25,28-34H,4-5H2,1-3H3,(H,23,26)(H,24,27)/t6-,9-,10-,11-,12-,13+,14-,15-,16-,17+,18-,19-,20-,21+,22+/m1/s1. The van der Waals surface area contributed by atoms with Crippen LogP contribution >= 0.6 is 0 Å². The van der Waals surface area contributed by atoms with E-state index in [1.165, 1.54) is 6.92 Å². The minimum absolute atomic E-state index is 0.547. The maximum atomic E-state index is 11.8. The molecule has 3 heterocycles. The lowest BCUT2D eigenvalue weighted by Gasteiger charge is -2.48. The van der Waals surface area contributed by atoms with Gasteiger partial charge in [0.05, 0.1) is 19.3 Å². The lowest BCUT2D eigenvalue weighted by molar-refractivity contribution is -0.340. The molecule has 3 rings (SSSR count). The molecular weight excluding hydrogens is 532 g/mol. The first-order valence-corrected chi connectivity index (χ1v) is 12.4. The van der Waals surface area contributed by atoms with E-state index >= 15 is 0 Å². The van der Waals surface area contributed by atoms with Crippen LogP contribution in [0.25, 0.3) is 0 Å². The van der Waals surface area contributed by atoms with Crippen molar-refractivity contribution in [2.24, 2.45) is 0 Å². The first-order valence-electron chi connectivity index (χ1n) is 12.4. The first kappa shape index (κ1) is 31.9. The van der Waals surface area contributed by atoms with Gasteiger partial charge in [-0.1, -0.05) is 0 Å². The number of nitrogens with one attached hydrogen (secondary N) is 2. The van der Waals surface area contributed by atoms with Crippen LogP contribution in [0.2, 0.25) is 0 Å². The highest BCUT2D eigenvalue weighted by atomic mass is 16.7. The van der Waals surface area contributed by atoms with Crippen molar-refractivity contribution in [1.82, 2.24) is 10.6 Å². The third-order valence-electron chi connectivity index (χ3n) is 6.84. The summed E-state index contributed by atoms with van der Waals surface area (Å²) < 4.78 is 27.9. The van der Waals surface area contributed by atoms with E-state index in [0.717, 1.165) is 13.8 Å². The van der Waals surface area contributed by atoms with Crippen molar-refractivity contribution >= 4 is 11.8 Å². The highest BCUT2D eigenvalue weighted by molar-refractivity contribution is 5.73. The van der Waals surface area contributed by atoms with Crippen molar-refractivity contribution in [2.75, 3.05) is 13.2 Å². The largest absolute Gasteiger partial charge is 0.394 e. The minimum Gasteiger partial charge on any atom is -0.394 e. The Morgan fingerprint density at radius 2 is 1.33 bits per heavy atom. The number of carbonyl (C=O) groups excluding carboxylic acids is 2. The van der Waals surface area contributed by atoms with Crippen LogP contribution in [0.5, 0.6) is 0 Å². The van der Waals surface area contributed by atoms with Gasteiger partial charge >= 0.3 is 0 Å². The van der Waals surface area contributed by atoms with Crippen molar-refractivity contribution in [3.8, 4) is 0 Å². The maximum absolute atomic E-state index is 11.8. The van der Waals surface area contributed by atoms with Gasteiger partial charge in [0.2, 0.25) is 11.8 Å². The number of carbonyl (C=O) groups is 2. The number of aliphatic hydroxyl groups is 8. The topological polar surface area (TPSA) is 266 Å².